The van der Waals surface area contributed by atoms with E-state index in [0.29, 0.717) is 58.4 Å². The lowest BCUT2D eigenvalue weighted by Gasteiger charge is -2.07. The lowest BCUT2D eigenvalue weighted by Crippen LogP contribution is -2.27. The fraction of sp³-hybridized carbons (Fsp3) is 0.562. The SMILES string of the molecule is COCCOCCOCCOCCNC(=O)c1ccccc1. The Kier molecular flexibility index (Phi) is 11.2. The van der Waals surface area contributed by atoms with Gasteiger partial charge in [0, 0.05) is 19.2 Å². The molecule has 0 spiro atoms. The van der Waals surface area contributed by atoms with E-state index < -0.39 is 0 Å². The number of hydrogen-bond acceptors (Lipinski definition) is 5. The van der Waals surface area contributed by atoms with Crippen molar-refractivity contribution in [1.29, 1.82) is 0 Å². The van der Waals surface area contributed by atoms with Crippen LogP contribution in [0.4, 0.5) is 0 Å². The van der Waals surface area contributed by atoms with Crippen LogP contribution in [0.1, 0.15) is 10.4 Å². The smallest absolute Gasteiger partial charge is 0.251 e. The number of hydrogen-bond donors (Lipinski definition) is 1. The Morgan fingerprint density at radius 3 is 2.00 bits per heavy atom. The third kappa shape index (κ3) is 9.46. The van der Waals surface area contributed by atoms with Crippen LogP contribution in [-0.4, -0.2) is 65.8 Å². The van der Waals surface area contributed by atoms with E-state index in [0.717, 1.165) is 0 Å². The number of benzene rings is 1. The molecule has 0 aliphatic rings. The Morgan fingerprint density at radius 2 is 1.41 bits per heavy atom. The third-order valence-corrected chi connectivity index (χ3v) is 2.74. The van der Waals surface area contributed by atoms with Crippen molar-refractivity contribution in [2.45, 2.75) is 0 Å². The van der Waals surface area contributed by atoms with Crippen molar-refractivity contribution in [2.24, 2.45) is 0 Å². The van der Waals surface area contributed by atoms with Crippen molar-refractivity contribution < 1.29 is 23.7 Å². The maximum atomic E-state index is 11.7. The zero-order valence-corrected chi connectivity index (χ0v) is 13.1. The zero-order valence-electron chi connectivity index (χ0n) is 13.1. The molecule has 0 radical (unpaired) electrons. The first-order chi connectivity index (χ1) is 10.8. The highest BCUT2D eigenvalue weighted by Crippen LogP contribution is 1.97. The minimum absolute atomic E-state index is 0.0892. The Morgan fingerprint density at radius 1 is 0.864 bits per heavy atom. The standard InChI is InChI=1S/C16H25NO5/c1-19-9-10-21-13-14-22-12-11-20-8-7-17-16(18)15-5-3-2-4-6-15/h2-6H,7-14H2,1H3,(H,17,18). The lowest BCUT2D eigenvalue weighted by atomic mass is 10.2. The van der Waals surface area contributed by atoms with E-state index in [4.69, 9.17) is 18.9 Å². The molecule has 0 aliphatic heterocycles. The molecular weight excluding hydrogens is 286 g/mol. The van der Waals surface area contributed by atoms with Crippen LogP contribution in [0.5, 0.6) is 0 Å². The first-order valence-electron chi connectivity index (χ1n) is 7.40. The largest absolute Gasteiger partial charge is 0.382 e. The molecule has 0 atom stereocenters. The molecule has 1 rings (SSSR count). The van der Waals surface area contributed by atoms with Gasteiger partial charge in [-0.05, 0) is 12.1 Å². The Bertz CT molecular complexity index is 385. The summed E-state index contributed by atoms with van der Waals surface area (Å²) >= 11 is 0. The summed E-state index contributed by atoms with van der Waals surface area (Å²) in [5.41, 5.74) is 0.652. The van der Waals surface area contributed by atoms with E-state index in [-0.39, 0.29) is 5.91 Å². The monoisotopic (exact) mass is 311 g/mol. The summed E-state index contributed by atoms with van der Waals surface area (Å²) in [6, 6.07) is 9.10. The summed E-state index contributed by atoms with van der Waals surface area (Å²) < 4.78 is 20.8. The van der Waals surface area contributed by atoms with Crippen molar-refractivity contribution in [3.63, 3.8) is 0 Å². The number of carbonyl (C=O) groups is 1. The highest BCUT2D eigenvalue weighted by atomic mass is 16.6. The van der Waals surface area contributed by atoms with Gasteiger partial charge < -0.3 is 24.3 Å². The Hall–Kier alpha value is -1.47. The van der Waals surface area contributed by atoms with Crippen LogP contribution in [-0.2, 0) is 18.9 Å². The predicted octanol–water partition coefficient (Wildman–Crippen LogP) is 1.11. The molecule has 1 aromatic carbocycles. The van der Waals surface area contributed by atoms with Crippen LogP contribution >= 0.6 is 0 Å². The normalized spacial score (nSPS) is 10.6. The van der Waals surface area contributed by atoms with E-state index >= 15 is 0 Å². The van der Waals surface area contributed by atoms with Gasteiger partial charge in [0.25, 0.3) is 5.91 Å². The summed E-state index contributed by atoms with van der Waals surface area (Å²) in [6.45, 7) is 4.23. The number of amides is 1. The summed E-state index contributed by atoms with van der Waals surface area (Å²) in [5, 5.41) is 2.79. The second-order valence-corrected chi connectivity index (χ2v) is 4.45. The fourth-order valence-corrected chi connectivity index (χ4v) is 1.61. The molecule has 1 amide bonds. The quantitative estimate of drug-likeness (QED) is 0.553. The van der Waals surface area contributed by atoms with E-state index in [1.165, 1.54) is 0 Å². The van der Waals surface area contributed by atoms with E-state index in [9.17, 15) is 4.79 Å². The molecule has 124 valence electrons. The van der Waals surface area contributed by atoms with Crippen molar-refractivity contribution in [1.82, 2.24) is 5.32 Å². The first kappa shape index (κ1) is 18.6. The average molecular weight is 311 g/mol. The van der Waals surface area contributed by atoms with E-state index in [2.05, 4.69) is 5.32 Å². The van der Waals surface area contributed by atoms with Crippen molar-refractivity contribution in [3.05, 3.63) is 35.9 Å². The van der Waals surface area contributed by atoms with Gasteiger partial charge in [-0.25, -0.2) is 0 Å². The van der Waals surface area contributed by atoms with Gasteiger partial charge in [-0.3, -0.25) is 4.79 Å². The number of carbonyl (C=O) groups excluding carboxylic acids is 1. The molecule has 0 saturated carbocycles. The number of rotatable bonds is 13. The maximum absolute atomic E-state index is 11.7. The molecule has 0 aromatic heterocycles. The minimum Gasteiger partial charge on any atom is -0.382 e. The number of nitrogens with one attached hydrogen (secondary N) is 1. The van der Waals surface area contributed by atoms with Crippen molar-refractivity contribution in [2.75, 3.05) is 59.9 Å². The second-order valence-electron chi connectivity index (χ2n) is 4.45. The van der Waals surface area contributed by atoms with Gasteiger partial charge in [-0.1, -0.05) is 18.2 Å². The summed E-state index contributed by atoms with van der Waals surface area (Å²) in [6.07, 6.45) is 0. The first-order valence-corrected chi connectivity index (χ1v) is 7.40. The molecule has 0 saturated heterocycles. The second kappa shape index (κ2) is 13.2. The highest BCUT2D eigenvalue weighted by molar-refractivity contribution is 5.94. The molecule has 6 nitrogen and oxygen atoms in total. The molecule has 0 fully saturated rings. The molecule has 1 N–H and O–H groups in total. The van der Waals surface area contributed by atoms with Gasteiger partial charge >= 0.3 is 0 Å². The topological polar surface area (TPSA) is 66.0 Å². The molecule has 1 aromatic rings. The molecule has 0 heterocycles. The predicted molar refractivity (Wildman–Crippen MR) is 83.1 cm³/mol. The van der Waals surface area contributed by atoms with Crippen LogP contribution < -0.4 is 5.32 Å². The molecule has 6 heteroatoms. The van der Waals surface area contributed by atoms with Gasteiger partial charge in [-0.2, -0.15) is 0 Å². The molecule has 0 unspecified atom stereocenters. The van der Waals surface area contributed by atoms with Crippen molar-refractivity contribution in [3.8, 4) is 0 Å². The summed E-state index contributed by atoms with van der Waals surface area (Å²) in [5.74, 6) is -0.0892. The maximum Gasteiger partial charge on any atom is 0.251 e. The van der Waals surface area contributed by atoms with Crippen LogP contribution in [0.15, 0.2) is 30.3 Å². The molecular formula is C16H25NO5. The van der Waals surface area contributed by atoms with E-state index in [1.54, 1.807) is 19.2 Å². The van der Waals surface area contributed by atoms with Gasteiger partial charge in [0.1, 0.15) is 0 Å². The van der Waals surface area contributed by atoms with Crippen LogP contribution in [0.2, 0.25) is 0 Å². The summed E-state index contributed by atoms with van der Waals surface area (Å²) in [7, 11) is 1.64. The third-order valence-electron chi connectivity index (χ3n) is 2.74. The van der Waals surface area contributed by atoms with Crippen LogP contribution in [0, 0.1) is 0 Å². The number of methoxy groups -OCH3 is 1. The van der Waals surface area contributed by atoms with Gasteiger partial charge in [0.2, 0.25) is 0 Å². The Labute approximate surface area is 131 Å². The van der Waals surface area contributed by atoms with Crippen LogP contribution in [0.3, 0.4) is 0 Å². The van der Waals surface area contributed by atoms with Gasteiger partial charge in [0.05, 0.1) is 46.2 Å². The van der Waals surface area contributed by atoms with Gasteiger partial charge in [0.15, 0.2) is 0 Å². The lowest BCUT2D eigenvalue weighted by molar-refractivity contribution is 0.00415. The fourth-order valence-electron chi connectivity index (χ4n) is 1.61. The van der Waals surface area contributed by atoms with Gasteiger partial charge in [-0.15, -0.1) is 0 Å². The Balaban J connectivity index is 1.85. The zero-order chi connectivity index (χ0) is 15.9. The highest BCUT2D eigenvalue weighted by Gasteiger charge is 2.02. The van der Waals surface area contributed by atoms with E-state index in [1.807, 2.05) is 18.2 Å². The minimum atomic E-state index is -0.0892. The molecule has 0 bridgehead atoms. The average Bonchev–Trinajstić information content (AvgIpc) is 2.56. The number of ether oxygens (including phenoxy) is 4. The molecule has 22 heavy (non-hydrogen) atoms. The van der Waals surface area contributed by atoms with Crippen molar-refractivity contribution >= 4 is 5.91 Å². The molecule has 0 aliphatic carbocycles. The summed E-state index contributed by atoms with van der Waals surface area (Å²) in [4.78, 5) is 11.7. The van der Waals surface area contributed by atoms with Crippen LogP contribution in [0.25, 0.3) is 0 Å².